The fourth-order valence-electron chi connectivity index (χ4n) is 8.45. The van der Waals surface area contributed by atoms with E-state index < -0.39 is 328 Å². The van der Waals surface area contributed by atoms with E-state index >= 15 is 0 Å². The van der Waals surface area contributed by atoms with Crippen LogP contribution in [0.25, 0.3) is 0 Å². The van der Waals surface area contributed by atoms with E-state index in [0.717, 1.165) is 14.0 Å². The number of carbonyl (C=O) groups is 4. The van der Waals surface area contributed by atoms with Crippen molar-refractivity contribution in [2.45, 2.75) is 158 Å². The van der Waals surface area contributed by atoms with Crippen LogP contribution in [0.4, 0.5) is 0 Å². The van der Waals surface area contributed by atoms with Gasteiger partial charge in [-0.1, -0.05) is 119 Å². The Labute approximate surface area is 597 Å². The first-order valence-corrected chi connectivity index (χ1v) is 25.4. The number of ether oxygens (including phenoxy) is 4. The first-order valence-electron chi connectivity index (χ1n) is 57.4. The van der Waals surface area contributed by atoms with Gasteiger partial charge in [-0.25, -0.2) is 0 Å². The summed E-state index contributed by atoms with van der Waals surface area (Å²) >= 11 is 0. The van der Waals surface area contributed by atoms with Crippen LogP contribution in [0.2, 0.25) is 0 Å². The molecule has 0 spiro atoms. The highest BCUT2D eigenvalue weighted by Gasteiger charge is 2.40. The summed E-state index contributed by atoms with van der Waals surface area (Å²) in [4.78, 5) is 51.5. The number of esters is 4. The van der Waals surface area contributed by atoms with Crippen molar-refractivity contribution in [3.63, 3.8) is 0 Å². The minimum atomic E-state index is -3.98. The van der Waals surface area contributed by atoms with E-state index in [1.54, 1.807) is 0 Å². The SMILES string of the molecule is [2H]c1c([2H])c(C)c([2H])c(CC2(CC(=O)OC([2H])([2H])C([2H])([2H])[2H])C([2H])([2H])C([2H])([2H])N(C([2H])([2H])[2H])C([2H])([2H])C2([2H])[2H])c1[2H].[2H]c1c([2H])c(C)c([2H])c(CC2(CC(=O)OC([2H])([2H])C([2H])([2H])[2H])C([2H])([2H])C([2H])([2H])N(C)C([2H])([2H])C2([2H])[2H])c1[2H].[2H]c1c([2H])c(C)c([2H])c(CC2(CC(=O)OC([2H])([2H])C([2H])([2H])[2H])CCN(C([2H])([2H])[2H])CC2)c1[2H].[2H]c1c([2H])c(C)c([2H])c(CC2(CC(=O)OCC)C([2H])([2H])C([2H])([2H])N(C([2H])([2H])[2H])C([2H])([2H])C2([2H])[2H])c1[2H]. The fraction of sp³-hybridized carbons (Fsp3) is 0.611. The van der Waals surface area contributed by atoms with Crippen molar-refractivity contribution in [2.24, 2.45) is 21.7 Å². The monoisotopic (exact) mass is 1220 g/mol. The molecule has 4 aromatic carbocycles. The predicted molar refractivity (Wildman–Crippen MR) is 341 cm³/mol. The van der Waals surface area contributed by atoms with Crippen LogP contribution >= 0.6 is 0 Å². The first kappa shape index (κ1) is 22.0. The van der Waals surface area contributed by atoms with Crippen LogP contribution < -0.4 is 0 Å². The second-order valence-corrected chi connectivity index (χ2v) is 19.2. The largest absolute Gasteiger partial charge is 0.466 e. The molecular formula is C72H108N4O8. The zero-order valence-corrected chi connectivity index (χ0v) is 46.7. The Balaban J connectivity index is 0.000000348. The van der Waals surface area contributed by atoms with Crippen LogP contribution in [0.3, 0.4) is 0 Å². The smallest absolute Gasteiger partial charge is 0.306 e. The van der Waals surface area contributed by atoms with E-state index in [1.807, 2.05) is 0 Å². The summed E-state index contributed by atoms with van der Waals surface area (Å²) < 4.78 is 533. The summed E-state index contributed by atoms with van der Waals surface area (Å²) in [6.45, 7) is -46.5. The maximum Gasteiger partial charge on any atom is 0.306 e. The lowest BCUT2D eigenvalue weighted by atomic mass is 9.71. The normalized spacial score (nSPS) is 38.2. The van der Waals surface area contributed by atoms with Gasteiger partial charge in [0, 0.05) is 57.6 Å². The van der Waals surface area contributed by atoms with E-state index in [9.17, 15) is 19.2 Å². The number of hydrogen-bond donors (Lipinski definition) is 0. The molecule has 4 fully saturated rings. The quantitative estimate of drug-likeness (QED) is 0.0619. The number of piperidine rings is 4. The predicted octanol–water partition coefficient (Wildman–Crippen LogP) is 12.8. The van der Waals surface area contributed by atoms with E-state index in [0.29, 0.717) is 0 Å². The molecule has 0 aromatic heterocycles. The average Bonchev–Trinajstić information content (AvgIpc) is 0.655. The molecule has 12 nitrogen and oxygen atoms in total. The molecule has 0 amide bonds. The van der Waals surface area contributed by atoms with Gasteiger partial charge in [0.1, 0.15) is 0 Å². The Morgan fingerprint density at radius 3 is 1.04 bits per heavy atom. The molecule has 0 N–H and O–H groups in total. The number of likely N-dealkylation sites (tertiary alicyclic amines) is 4. The molecule has 0 radical (unpaired) electrons. The second kappa shape index (κ2) is 34.7. The Morgan fingerprint density at radius 1 is 0.452 bits per heavy atom. The average molecular weight is 1220 g/mol. The van der Waals surface area contributed by atoms with Crippen molar-refractivity contribution < 1.29 is 126 Å². The van der Waals surface area contributed by atoms with Gasteiger partial charge in [-0.05, 0) is 256 Å². The third-order valence-corrected chi connectivity index (χ3v) is 12.2. The molecule has 4 aliphatic heterocycles. The van der Waals surface area contributed by atoms with Crippen molar-refractivity contribution in [1.29, 1.82) is 0 Å². The van der Waals surface area contributed by atoms with Gasteiger partial charge in [-0.15, -0.1) is 0 Å². The topological polar surface area (TPSA) is 118 Å². The van der Waals surface area contributed by atoms with Crippen LogP contribution in [0.15, 0.2) is 96.7 Å². The van der Waals surface area contributed by atoms with Crippen molar-refractivity contribution in [2.75, 3.05) is 106 Å². The minimum Gasteiger partial charge on any atom is -0.466 e. The van der Waals surface area contributed by atoms with Gasteiger partial charge in [0.15, 0.2) is 0 Å². The first-order chi connectivity index (χ1) is 65.3. The van der Waals surface area contributed by atoms with E-state index in [1.165, 1.54) is 32.6 Å². The Kier molecular flexibility index (Phi) is 9.09. The molecule has 4 heterocycles. The zero-order valence-electron chi connectivity index (χ0n) is 111. The molecule has 0 bridgehead atoms. The summed E-state index contributed by atoms with van der Waals surface area (Å²) in [5, 5.41) is 0. The van der Waals surface area contributed by atoms with Crippen molar-refractivity contribution >= 4 is 23.9 Å². The number of carbonyl (C=O) groups excluding carboxylic acids is 4. The summed E-state index contributed by atoms with van der Waals surface area (Å²) in [5.74, 6) is -6.19. The molecule has 0 saturated carbocycles. The third-order valence-electron chi connectivity index (χ3n) is 12.2. The van der Waals surface area contributed by atoms with Gasteiger partial charge in [0.2, 0.25) is 0 Å². The number of benzene rings is 4. The van der Waals surface area contributed by atoms with Crippen LogP contribution in [-0.2, 0) is 63.8 Å². The van der Waals surface area contributed by atoms with Crippen LogP contribution in [0.5, 0.6) is 0 Å². The lowest BCUT2D eigenvalue weighted by molar-refractivity contribution is -0.147. The van der Waals surface area contributed by atoms with Crippen LogP contribution in [0, 0.1) is 49.4 Å². The molecule has 4 aromatic rings. The molecule has 0 aliphatic carbocycles. The summed E-state index contributed by atoms with van der Waals surface area (Å²) in [6, 6.07) is -9.36. The molecule has 8 rings (SSSR count). The lowest BCUT2D eigenvalue weighted by Gasteiger charge is -2.40. The van der Waals surface area contributed by atoms with Crippen molar-refractivity contribution in [1.82, 2.24) is 19.6 Å². The van der Waals surface area contributed by atoms with E-state index in [4.69, 9.17) is 92.5 Å². The Bertz CT molecular complexity index is 5440. The van der Waals surface area contributed by atoms with E-state index in [-0.39, 0.29) is 95.8 Å². The number of hydrogen-bond acceptors (Lipinski definition) is 12. The Morgan fingerprint density at radius 2 is 0.738 bits per heavy atom. The van der Waals surface area contributed by atoms with Gasteiger partial charge in [-0.2, -0.15) is 0 Å². The summed E-state index contributed by atoms with van der Waals surface area (Å²) in [5.41, 5.74) is -12.8. The third kappa shape index (κ3) is 24.2. The molecule has 0 unspecified atom stereocenters. The molecule has 84 heavy (non-hydrogen) atoms. The molecule has 4 saturated heterocycles. The van der Waals surface area contributed by atoms with Gasteiger partial charge in [0.25, 0.3) is 0 Å². The van der Waals surface area contributed by atoms with Gasteiger partial charge in [-0.3, -0.25) is 19.2 Å². The van der Waals surface area contributed by atoms with Crippen molar-refractivity contribution in [3.8, 4) is 0 Å². The highest BCUT2D eigenvalue weighted by Crippen LogP contribution is 2.42. The van der Waals surface area contributed by atoms with E-state index in [2.05, 4.69) is 14.2 Å². The molecule has 4 aliphatic rings. The summed E-state index contributed by atoms with van der Waals surface area (Å²) in [6.07, 6.45) is -31.0. The number of nitrogens with zero attached hydrogens (tertiary/aromatic N) is 4. The molecular weight excluding hydrogens is 1050 g/mol. The highest BCUT2D eigenvalue weighted by atomic mass is 16.5. The lowest BCUT2D eigenvalue weighted by Crippen LogP contribution is -2.40. The van der Waals surface area contributed by atoms with Gasteiger partial charge in [0.05, 0.1) is 82.1 Å². The Hall–Kier alpha value is -5.40. The molecule has 12 heteroatoms. The second-order valence-electron chi connectivity index (χ2n) is 19.2. The van der Waals surface area contributed by atoms with Gasteiger partial charge >= 0.3 is 23.9 Å². The summed E-state index contributed by atoms with van der Waals surface area (Å²) in [7, 11) is 0.776. The van der Waals surface area contributed by atoms with Gasteiger partial charge < -0.3 is 38.5 Å². The minimum absolute atomic E-state index is 0.0554. The maximum atomic E-state index is 13.0. The molecule has 464 valence electrons. The van der Waals surface area contributed by atoms with Crippen LogP contribution in [0.1, 0.15) is 236 Å². The maximum absolute atomic E-state index is 13.0. The molecule has 0 atom stereocenters. The standard InChI is InChI=1S/4C18H27NO2/c4*1-4-21-17(20)14-18(8-10-19(3)11-9-18)13-16-7-5-6-15(2)12-16/h4*5-7,12H,4,8-11,13-14H2,1-3H3/i1D3,3D3,4D2,5D,6D,7D,8D2,9D2,10D2,11D2,12D;1D3,4D2,5D,6D,7D,8D2,9D2,10D2,11D2,12D;3D3,5D,6D,7D,8D2,9D2,10D2,11D2,12D;1D3,3D3,4D2,5D,6D,7D,12D. The number of rotatable bonds is 20. The highest BCUT2D eigenvalue weighted by molar-refractivity contribution is 5.71. The van der Waals surface area contributed by atoms with Crippen molar-refractivity contribution in [3.05, 3.63) is 141 Å². The fourth-order valence-corrected chi connectivity index (χ4v) is 8.45. The zero-order chi connectivity index (χ0) is 117. The van der Waals surface area contributed by atoms with Crippen LogP contribution in [-0.4, -0.2) is 150 Å².